The Balaban J connectivity index is 2.72. The van der Waals surface area contributed by atoms with Gasteiger partial charge >= 0.3 is 6.03 Å². The molecule has 1 unspecified atom stereocenters. The summed E-state index contributed by atoms with van der Waals surface area (Å²) < 4.78 is 0. The first-order valence-corrected chi connectivity index (χ1v) is 7.68. The van der Waals surface area contributed by atoms with Crippen LogP contribution in [0.25, 0.3) is 0 Å². The normalized spacial score (nSPS) is 12.2. The Morgan fingerprint density at radius 3 is 2.35 bits per heavy atom. The number of carbonyl (C=O) groups excluding carboxylic acids is 1. The van der Waals surface area contributed by atoms with Gasteiger partial charge in [-0.15, -0.1) is 0 Å². The van der Waals surface area contributed by atoms with Crippen LogP contribution in [-0.4, -0.2) is 24.0 Å². The first kappa shape index (κ1) is 16.5. The minimum absolute atomic E-state index is 0.0449. The van der Waals surface area contributed by atoms with Gasteiger partial charge in [-0.1, -0.05) is 57.5 Å². The minimum Gasteiger partial charge on any atom is -0.331 e. The van der Waals surface area contributed by atoms with E-state index in [1.165, 1.54) is 5.56 Å². The van der Waals surface area contributed by atoms with E-state index in [4.69, 9.17) is 0 Å². The van der Waals surface area contributed by atoms with Crippen LogP contribution < -0.4 is 5.32 Å². The molecule has 2 amide bonds. The van der Waals surface area contributed by atoms with Gasteiger partial charge in [0, 0.05) is 13.1 Å². The van der Waals surface area contributed by atoms with E-state index in [0.717, 1.165) is 25.9 Å². The van der Waals surface area contributed by atoms with Crippen LogP contribution in [-0.2, 0) is 0 Å². The number of carbonyl (C=O) groups is 1. The van der Waals surface area contributed by atoms with Gasteiger partial charge in [0.1, 0.15) is 0 Å². The number of nitrogens with zero attached hydrogens (tertiary/aromatic N) is 1. The number of nitrogens with one attached hydrogen (secondary N) is 1. The van der Waals surface area contributed by atoms with E-state index in [1.54, 1.807) is 0 Å². The van der Waals surface area contributed by atoms with Gasteiger partial charge in [0.15, 0.2) is 0 Å². The van der Waals surface area contributed by atoms with Crippen LogP contribution in [0, 0.1) is 5.92 Å². The molecule has 3 nitrogen and oxygen atoms in total. The maximum absolute atomic E-state index is 12.4. The molecule has 0 saturated heterocycles. The van der Waals surface area contributed by atoms with Gasteiger partial charge in [0.2, 0.25) is 0 Å². The Morgan fingerprint density at radius 1 is 1.20 bits per heavy atom. The molecule has 0 aliphatic carbocycles. The molecule has 0 bridgehead atoms. The Kier molecular flexibility index (Phi) is 7.13. The zero-order chi connectivity index (χ0) is 15.0. The molecule has 3 heteroatoms. The highest BCUT2D eigenvalue weighted by atomic mass is 16.2. The Morgan fingerprint density at radius 2 is 1.85 bits per heavy atom. The molecular formula is C17H28N2O. The highest BCUT2D eigenvalue weighted by Crippen LogP contribution is 2.18. The molecule has 0 fully saturated rings. The van der Waals surface area contributed by atoms with Crippen molar-refractivity contribution in [2.24, 2.45) is 5.92 Å². The summed E-state index contributed by atoms with van der Waals surface area (Å²) in [4.78, 5) is 14.3. The molecular weight excluding hydrogens is 248 g/mol. The summed E-state index contributed by atoms with van der Waals surface area (Å²) in [6.07, 6.45) is 2.02. The number of hydrogen-bond donors (Lipinski definition) is 1. The average Bonchev–Trinajstić information content (AvgIpc) is 2.44. The molecule has 20 heavy (non-hydrogen) atoms. The maximum atomic E-state index is 12.4. The summed E-state index contributed by atoms with van der Waals surface area (Å²) in [6, 6.07) is 10.4. The fourth-order valence-corrected chi connectivity index (χ4v) is 2.33. The van der Waals surface area contributed by atoms with Crippen molar-refractivity contribution in [3.63, 3.8) is 0 Å². The Labute approximate surface area is 123 Å². The SMILES string of the molecule is CCCC(NC(=O)N(CC)CC(C)C)c1ccccc1. The fraction of sp³-hybridized carbons (Fsp3) is 0.588. The second kappa shape index (κ2) is 8.62. The van der Waals surface area contributed by atoms with E-state index >= 15 is 0 Å². The predicted octanol–water partition coefficient (Wildman–Crippen LogP) is 4.22. The second-order valence-electron chi connectivity index (χ2n) is 5.63. The minimum atomic E-state index is 0.0449. The summed E-state index contributed by atoms with van der Waals surface area (Å²) in [6.45, 7) is 9.99. The van der Waals surface area contributed by atoms with Crippen LogP contribution in [0.15, 0.2) is 30.3 Å². The monoisotopic (exact) mass is 276 g/mol. The van der Waals surface area contributed by atoms with Crippen LogP contribution in [0.2, 0.25) is 0 Å². The zero-order valence-corrected chi connectivity index (χ0v) is 13.2. The number of urea groups is 1. The van der Waals surface area contributed by atoms with Gasteiger partial charge < -0.3 is 10.2 Å². The summed E-state index contributed by atoms with van der Waals surface area (Å²) in [5.41, 5.74) is 1.18. The molecule has 0 heterocycles. The number of amides is 2. The molecule has 0 radical (unpaired) electrons. The van der Waals surface area contributed by atoms with Gasteiger partial charge in [0.25, 0.3) is 0 Å². The average molecular weight is 276 g/mol. The quantitative estimate of drug-likeness (QED) is 0.794. The standard InChI is InChI=1S/C17H28N2O/c1-5-10-16(15-11-8-7-9-12-15)18-17(20)19(6-2)13-14(3)4/h7-9,11-12,14,16H,5-6,10,13H2,1-4H3,(H,18,20). The fourth-order valence-electron chi connectivity index (χ4n) is 2.33. The molecule has 0 spiro atoms. The molecule has 1 atom stereocenters. The van der Waals surface area contributed by atoms with Crippen molar-refractivity contribution in [3.8, 4) is 0 Å². The topological polar surface area (TPSA) is 32.3 Å². The molecule has 1 rings (SSSR count). The van der Waals surface area contributed by atoms with Gasteiger partial charge in [-0.05, 0) is 24.8 Å². The first-order chi connectivity index (χ1) is 9.58. The number of hydrogen-bond acceptors (Lipinski definition) is 1. The van der Waals surface area contributed by atoms with E-state index in [0.29, 0.717) is 5.92 Å². The molecule has 0 saturated carbocycles. The van der Waals surface area contributed by atoms with Crippen LogP contribution in [0.1, 0.15) is 52.1 Å². The van der Waals surface area contributed by atoms with Crippen molar-refractivity contribution in [3.05, 3.63) is 35.9 Å². The Hall–Kier alpha value is -1.51. The van der Waals surface area contributed by atoms with Gasteiger partial charge in [-0.25, -0.2) is 4.79 Å². The molecule has 1 aromatic rings. The van der Waals surface area contributed by atoms with Crippen LogP contribution in [0.3, 0.4) is 0 Å². The van der Waals surface area contributed by atoms with Crippen molar-refractivity contribution in [2.75, 3.05) is 13.1 Å². The highest BCUT2D eigenvalue weighted by molar-refractivity contribution is 5.74. The van der Waals surface area contributed by atoms with Gasteiger partial charge in [0.05, 0.1) is 6.04 Å². The predicted molar refractivity (Wildman–Crippen MR) is 84.7 cm³/mol. The highest BCUT2D eigenvalue weighted by Gasteiger charge is 2.18. The smallest absolute Gasteiger partial charge is 0.317 e. The van der Waals surface area contributed by atoms with Gasteiger partial charge in [-0.2, -0.15) is 0 Å². The molecule has 1 N–H and O–H groups in total. The van der Waals surface area contributed by atoms with Crippen LogP contribution in [0.5, 0.6) is 0 Å². The first-order valence-electron chi connectivity index (χ1n) is 7.68. The molecule has 0 aromatic heterocycles. The third-order valence-corrected chi connectivity index (χ3v) is 3.33. The Bertz CT molecular complexity index is 389. The lowest BCUT2D eigenvalue weighted by Gasteiger charge is -2.27. The third kappa shape index (κ3) is 5.24. The lowest BCUT2D eigenvalue weighted by molar-refractivity contribution is 0.189. The van der Waals surface area contributed by atoms with E-state index in [2.05, 4.69) is 38.2 Å². The van der Waals surface area contributed by atoms with Crippen molar-refractivity contribution >= 4 is 6.03 Å². The second-order valence-corrected chi connectivity index (χ2v) is 5.63. The van der Waals surface area contributed by atoms with E-state index in [1.807, 2.05) is 30.0 Å². The largest absolute Gasteiger partial charge is 0.331 e. The summed E-state index contributed by atoms with van der Waals surface area (Å²) in [7, 11) is 0. The summed E-state index contributed by atoms with van der Waals surface area (Å²) >= 11 is 0. The lowest BCUT2D eigenvalue weighted by atomic mass is 10.0. The summed E-state index contributed by atoms with van der Waals surface area (Å²) in [5, 5.41) is 3.18. The zero-order valence-electron chi connectivity index (χ0n) is 13.2. The van der Waals surface area contributed by atoms with Crippen molar-refractivity contribution in [1.29, 1.82) is 0 Å². The van der Waals surface area contributed by atoms with Crippen LogP contribution >= 0.6 is 0 Å². The molecule has 1 aromatic carbocycles. The molecule has 0 aliphatic rings. The van der Waals surface area contributed by atoms with Crippen molar-refractivity contribution < 1.29 is 4.79 Å². The number of benzene rings is 1. The van der Waals surface area contributed by atoms with Crippen molar-refractivity contribution in [2.45, 2.75) is 46.6 Å². The third-order valence-electron chi connectivity index (χ3n) is 3.33. The number of rotatable bonds is 7. The maximum Gasteiger partial charge on any atom is 0.317 e. The van der Waals surface area contributed by atoms with E-state index in [9.17, 15) is 4.79 Å². The van der Waals surface area contributed by atoms with E-state index < -0.39 is 0 Å². The summed E-state index contributed by atoms with van der Waals surface area (Å²) in [5.74, 6) is 0.488. The lowest BCUT2D eigenvalue weighted by Crippen LogP contribution is -2.43. The van der Waals surface area contributed by atoms with Crippen LogP contribution in [0.4, 0.5) is 4.79 Å². The molecule has 112 valence electrons. The van der Waals surface area contributed by atoms with Crippen molar-refractivity contribution in [1.82, 2.24) is 10.2 Å². The molecule has 0 aliphatic heterocycles. The van der Waals surface area contributed by atoms with Gasteiger partial charge in [-0.3, -0.25) is 0 Å². The van der Waals surface area contributed by atoms with E-state index in [-0.39, 0.29) is 12.1 Å².